The molecule has 0 spiro atoms. The molecule has 0 aliphatic rings. The van der Waals surface area contributed by atoms with E-state index in [4.69, 9.17) is 27.4 Å². The Morgan fingerprint density at radius 2 is 1.48 bits per heavy atom. The monoisotopic (exact) mass is 357 g/mol. The zero-order chi connectivity index (χ0) is 17.1. The third-order valence-electron chi connectivity index (χ3n) is 3.47. The molecule has 0 saturated carbocycles. The first-order valence-electron chi connectivity index (χ1n) is 6.09. The van der Waals surface area contributed by atoms with Crippen molar-refractivity contribution in [2.75, 3.05) is 11.5 Å². The van der Waals surface area contributed by atoms with Gasteiger partial charge in [-0.15, -0.1) is 0 Å². The van der Waals surface area contributed by atoms with E-state index in [2.05, 4.69) is 37.9 Å². The molecule has 0 aromatic rings. The number of hydrogen-bond acceptors (Lipinski definition) is 8. The van der Waals surface area contributed by atoms with Crippen LogP contribution in [0.25, 0.3) is 0 Å². The Labute approximate surface area is 140 Å². The predicted molar refractivity (Wildman–Crippen MR) is 91.4 cm³/mol. The molecule has 0 bridgehead atoms. The topological polar surface area (TPSA) is 153 Å². The van der Waals surface area contributed by atoms with Gasteiger partial charge in [-0.2, -0.15) is 37.9 Å². The largest absolute Gasteiger partial charge is 0.480 e. The van der Waals surface area contributed by atoms with E-state index < -0.39 is 33.8 Å². The Bertz CT molecular complexity index is 410. The average Bonchev–Trinajstić information content (AvgIpc) is 2.37. The van der Waals surface area contributed by atoms with Crippen molar-refractivity contribution in [1.82, 2.24) is 0 Å². The second-order valence-corrected chi connectivity index (χ2v) is 7.24. The number of aliphatic carboxylic acids is 2. The van der Waals surface area contributed by atoms with Gasteiger partial charge in [0, 0.05) is 22.3 Å². The fourth-order valence-corrected chi connectivity index (χ4v) is 2.69. The van der Waals surface area contributed by atoms with Gasteiger partial charge in [0.2, 0.25) is 0 Å². The molecule has 124 valence electrons. The van der Waals surface area contributed by atoms with Gasteiger partial charge in [0.15, 0.2) is 0 Å². The van der Waals surface area contributed by atoms with Gasteiger partial charge in [0.1, 0.15) is 11.1 Å². The van der Waals surface area contributed by atoms with Crippen LogP contribution in [-0.4, -0.2) is 55.5 Å². The summed E-state index contributed by atoms with van der Waals surface area (Å²) in [6.45, 7) is 1.59. The molecule has 2 unspecified atom stereocenters. The first-order valence-corrected chi connectivity index (χ1v) is 7.80. The molecule has 0 heterocycles. The fourth-order valence-electron chi connectivity index (χ4n) is 1.80. The lowest BCUT2D eigenvalue weighted by molar-refractivity contribution is -0.144. The second kappa shape index (κ2) is 7.42. The van der Waals surface area contributed by atoms with E-state index in [0.29, 0.717) is 0 Å². The van der Waals surface area contributed by atoms with Gasteiger partial charge < -0.3 is 27.4 Å². The summed E-state index contributed by atoms with van der Waals surface area (Å²) >= 11 is 12.2. The van der Waals surface area contributed by atoms with Crippen molar-refractivity contribution in [1.29, 1.82) is 0 Å². The average molecular weight is 358 g/mol. The normalized spacial score (nSPS) is 21.7. The van der Waals surface area contributed by atoms with Crippen molar-refractivity contribution in [3.63, 3.8) is 0 Å². The van der Waals surface area contributed by atoms with Crippen molar-refractivity contribution in [3.8, 4) is 0 Å². The molecular weight excluding hydrogens is 334 g/mol. The minimum atomic E-state index is -1.62. The second-order valence-electron chi connectivity index (χ2n) is 5.58. The number of carboxylic acids is 2. The molecule has 0 fully saturated rings. The third kappa shape index (κ3) is 5.22. The summed E-state index contributed by atoms with van der Waals surface area (Å²) in [5, 5.41) is 18.3. The molecule has 0 aliphatic heterocycles. The molecular formula is C11H23N3O4S3. The Morgan fingerprint density at radius 3 is 1.76 bits per heavy atom. The predicted octanol–water partition coefficient (Wildman–Crippen LogP) is -0.794. The molecule has 0 radical (unpaired) electrons. The van der Waals surface area contributed by atoms with Gasteiger partial charge in [0.05, 0.1) is 0 Å². The first kappa shape index (κ1) is 20.9. The molecule has 0 saturated heterocycles. The SMILES string of the molecule is C[C@](S)(CC(N)(CS)C(=O)O)[C@@H](N)CC(N)(CS)C(=O)O. The van der Waals surface area contributed by atoms with Crippen LogP contribution in [0.1, 0.15) is 19.8 Å². The zero-order valence-corrected chi connectivity index (χ0v) is 14.4. The fraction of sp³-hybridized carbons (Fsp3) is 0.818. The third-order valence-corrected chi connectivity index (χ3v) is 5.09. The molecule has 0 aliphatic carbocycles. The standard InChI is InChI=1S/C11H23N3O4S3/c1-9(21,3-11(14,5-20)8(17)18)6(12)2-10(13,4-19)7(15)16/h6,19-21H,2-5,12-14H2,1H3,(H,15,16)(H,17,18)/t6-,9-,10?,11?/m0/s1. The van der Waals surface area contributed by atoms with Crippen LogP contribution in [0.5, 0.6) is 0 Å². The van der Waals surface area contributed by atoms with Crippen LogP contribution in [-0.2, 0) is 9.59 Å². The highest BCUT2D eigenvalue weighted by Gasteiger charge is 2.45. The summed E-state index contributed by atoms with van der Waals surface area (Å²) < 4.78 is -1.04. The van der Waals surface area contributed by atoms with Crippen molar-refractivity contribution in [2.24, 2.45) is 17.2 Å². The van der Waals surface area contributed by atoms with Crippen LogP contribution in [0, 0.1) is 0 Å². The molecule has 10 heteroatoms. The van der Waals surface area contributed by atoms with Crippen LogP contribution in [0.4, 0.5) is 0 Å². The number of carbonyl (C=O) groups is 2. The van der Waals surface area contributed by atoms with Gasteiger partial charge >= 0.3 is 11.9 Å². The van der Waals surface area contributed by atoms with Crippen LogP contribution >= 0.6 is 37.9 Å². The Balaban J connectivity index is 5.16. The minimum absolute atomic E-state index is 0.0919. The van der Waals surface area contributed by atoms with Crippen molar-refractivity contribution < 1.29 is 19.8 Å². The highest BCUT2D eigenvalue weighted by atomic mass is 32.1. The lowest BCUT2D eigenvalue weighted by Crippen LogP contribution is -2.61. The summed E-state index contributed by atoms with van der Waals surface area (Å²) in [6, 6.07) is -0.795. The summed E-state index contributed by atoms with van der Waals surface area (Å²) in [5.74, 6) is -2.68. The van der Waals surface area contributed by atoms with Crippen LogP contribution in [0.15, 0.2) is 0 Å². The van der Waals surface area contributed by atoms with Crippen LogP contribution < -0.4 is 17.2 Å². The number of nitrogens with two attached hydrogens (primary N) is 3. The molecule has 4 atom stereocenters. The minimum Gasteiger partial charge on any atom is -0.480 e. The molecule has 0 rings (SSSR count). The lowest BCUT2D eigenvalue weighted by atomic mass is 9.81. The highest BCUT2D eigenvalue weighted by molar-refractivity contribution is 7.82. The Morgan fingerprint density at radius 1 is 1.10 bits per heavy atom. The van der Waals surface area contributed by atoms with E-state index >= 15 is 0 Å². The Kier molecular flexibility index (Phi) is 7.38. The zero-order valence-electron chi connectivity index (χ0n) is 11.7. The van der Waals surface area contributed by atoms with Gasteiger partial charge in [-0.1, -0.05) is 0 Å². The van der Waals surface area contributed by atoms with Crippen LogP contribution in [0.2, 0.25) is 0 Å². The maximum absolute atomic E-state index is 11.2. The summed E-state index contributed by atoms with van der Waals surface area (Å²) in [7, 11) is 0. The first-order chi connectivity index (χ1) is 9.34. The molecule has 7 nitrogen and oxygen atoms in total. The van der Waals surface area contributed by atoms with E-state index in [1.807, 2.05) is 0 Å². The van der Waals surface area contributed by atoms with Gasteiger partial charge in [-0.05, 0) is 19.8 Å². The molecule has 0 aromatic carbocycles. The summed E-state index contributed by atoms with van der Waals surface area (Å²) in [6.07, 6.45) is -0.209. The molecule has 0 aromatic heterocycles. The highest BCUT2D eigenvalue weighted by Crippen LogP contribution is 2.32. The smallest absolute Gasteiger partial charge is 0.324 e. The molecule has 0 amide bonds. The number of thiol groups is 3. The van der Waals surface area contributed by atoms with E-state index in [1.54, 1.807) is 6.92 Å². The van der Waals surface area contributed by atoms with E-state index in [0.717, 1.165) is 0 Å². The molecule has 21 heavy (non-hydrogen) atoms. The molecule has 8 N–H and O–H groups in total. The van der Waals surface area contributed by atoms with E-state index in [1.165, 1.54) is 0 Å². The maximum Gasteiger partial charge on any atom is 0.324 e. The summed E-state index contributed by atoms with van der Waals surface area (Å²) in [4.78, 5) is 22.4. The quantitative estimate of drug-likeness (QED) is 0.252. The maximum atomic E-state index is 11.2. The van der Waals surface area contributed by atoms with Gasteiger partial charge in [0.25, 0.3) is 0 Å². The number of carboxylic acid groups (broad SMARTS) is 2. The van der Waals surface area contributed by atoms with Crippen molar-refractivity contribution >= 4 is 49.8 Å². The van der Waals surface area contributed by atoms with Gasteiger partial charge in [-0.3, -0.25) is 9.59 Å². The van der Waals surface area contributed by atoms with Crippen molar-refractivity contribution in [2.45, 2.75) is 41.6 Å². The van der Waals surface area contributed by atoms with Crippen molar-refractivity contribution in [3.05, 3.63) is 0 Å². The lowest BCUT2D eigenvalue weighted by Gasteiger charge is -2.39. The summed E-state index contributed by atoms with van der Waals surface area (Å²) in [5.41, 5.74) is 14.3. The van der Waals surface area contributed by atoms with E-state index in [9.17, 15) is 9.59 Å². The van der Waals surface area contributed by atoms with Gasteiger partial charge in [-0.25, -0.2) is 0 Å². The number of hydrogen-bond donors (Lipinski definition) is 8. The number of rotatable bonds is 9. The Hall–Kier alpha value is -0.130. The van der Waals surface area contributed by atoms with Crippen LogP contribution in [0.3, 0.4) is 0 Å². The van der Waals surface area contributed by atoms with E-state index in [-0.39, 0.29) is 24.3 Å².